The van der Waals surface area contributed by atoms with E-state index in [1.54, 1.807) is 18.2 Å². The third-order valence-electron chi connectivity index (χ3n) is 3.67. The topological polar surface area (TPSA) is 58.6 Å². The van der Waals surface area contributed by atoms with Gasteiger partial charge in [0, 0.05) is 26.3 Å². The van der Waals surface area contributed by atoms with Gasteiger partial charge in [0.05, 0.1) is 5.56 Å². The highest BCUT2D eigenvalue weighted by atomic mass is 16.5. The van der Waals surface area contributed by atoms with Crippen LogP contribution in [-0.2, 0) is 16.1 Å². The molecule has 0 aliphatic rings. The number of hydrogen-bond acceptors (Lipinski definition) is 4. The molecular weight excluding hydrogens is 304 g/mol. The van der Waals surface area contributed by atoms with Gasteiger partial charge in [-0.2, -0.15) is 0 Å². The average Bonchev–Trinajstić information content (AvgIpc) is 2.59. The van der Waals surface area contributed by atoms with Crippen LogP contribution in [-0.4, -0.2) is 32.6 Å². The number of esters is 1. The number of amides is 1. The summed E-state index contributed by atoms with van der Waals surface area (Å²) in [4.78, 5) is 25.8. The van der Waals surface area contributed by atoms with Crippen LogP contribution in [0.1, 0.15) is 21.5 Å². The molecule has 0 aliphatic carbocycles. The Bertz CT molecular complexity index is 726. The zero-order chi connectivity index (χ0) is 17.5. The first-order chi connectivity index (χ1) is 11.5. The van der Waals surface area contributed by atoms with Crippen molar-refractivity contribution in [3.63, 3.8) is 0 Å². The van der Waals surface area contributed by atoms with E-state index in [2.05, 4.69) is 5.32 Å². The van der Waals surface area contributed by atoms with Crippen molar-refractivity contribution in [3.05, 3.63) is 65.2 Å². The minimum Gasteiger partial charge on any atom is -0.452 e. The van der Waals surface area contributed by atoms with Gasteiger partial charge < -0.3 is 15.0 Å². The smallest absolute Gasteiger partial charge is 0.338 e. The highest BCUT2D eigenvalue weighted by Crippen LogP contribution is 2.14. The molecule has 0 fully saturated rings. The van der Waals surface area contributed by atoms with Gasteiger partial charge >= 0.3 is 5.97 Å². The predicted octanol–water partition coefficient (Wildman–Crippen LogP) is 2.53. The van der Waals surface area contributed by atoms with Crippen LogP contribution in [0.4, 0.5) is 5.69 Å². The summed E-state index contributed by atoms with van der Waals surface area (Å²) in [6, 6.07) is 14.9. The summed E-state index contributed by atoms with van der Waals surface area (Å²) in [6.45, 7) is 2.11. The molecule has 0 radical (unpaired) electrons. The van der Waals surface area contributed by atoms with Crippen molar-refractivity contribution in [1.82, 2.24) is 5.32 Å². The fourth-order valence-corrected chi connectivity index (χ4v) is 2.18. The molecule has 0 saturated carbocycles. The molecule has 0 heterocycles. The first-order valence-corrected chi connectivity index (χ1v) is 7.73. The minimum absolute atomic E-state index is 0.295. The second-order valence-corrected chi connectivity index (χ2v) is 5.72. The number of carbonyl (C=O) groups is 2. The second-order valence-electron chi connectivity index (χ2n) is 5.72. The van der Waals surface area contributed by atoms with E-state index in [1.807, 2.05) is 56.3 Å². The van der Waals surface area contributed by atoms with Crippen molar-refractivity contribution in [3.8, 4) is 0 Å². The lowest BCUT2D eigenvalue weighted by atomic mass is 10.1. The maximum atomic E-state index is 12.0. The molecule has 0 bridgehead atoms. The van der Waals surface area contributed by atoms with Gasteiger partial charge in [-0.25, -0.2) is 4.79 Å². The number of hydrogen-bond donors (Lipinski definition) is 1. The molecule has 24 heavy (non-hydrogen) atoms. The number of nitrogens with zero attached hydrogens (tertiary/aromatic N) is 1. The van der Waals surface area contributed by atoms with Crippen molar-refractivity contribution >= 4 is 17.6 Å². The molecule has 126 valence electrons. The number of ether oxygens (including phenoxy) is 1. The molecule has 0 aromatic heterocycles. The van der Waals surface area contributed by atoms with Gasteiger partial charge in [-0.05, 0) is 36.2 Å². The third kappa shape index (κ3) is 4.84. The average molecular weight is 326 g/mol. The molecule has 0 aliphatic heterocycles. The van der Waals surface area contributed by atoms with Crippen molar-refractivity contribution in [2.24, 2.45) is 0 Å². The molecule has 0 saturated heterocycles. The summed E-state index contributed by atoms with van der Waals surface area (Å²) in [5.41, 5.74) is 3.47. The van der Waals surface area contributed by atoms with Crippen molar-refractivity contribution in [2.45, 2.75) is 13.5 Å². The summed E-state index contributed by atoms with van der Waals surface area (Å²) in [5.74, 6) is -0.833. The molecular formula is C19H22N2O3. The SMILES string of the molecule is Cc1ccccc1CNC(=O)COC(=O)c1cccc(N(C)C)c1. The molecule has 0 atom stereocenters. The van der Waals surface area contributed by atoms with Gasteiger partial charge in [0.15, 0.2) is 6.61 Å². The van der Waals surface area contributed by atoms with Crippen LogP contribution in [0.25, 0.3) is 0 Å². The van der Waals surface area contributed by atoms with E-state index < -0.39 is 5.97 Å². The number of aryl methyl sites for hydroxylation is 1. The van der Waals surface area contributed by atoms with Crippen LogP contribution in [0.3, 0.4) is 0 Å². The van der Waals surface area contributed by atoms with Crippen LogP contribution in [0, 0.1) is 6.92 Å². The fourth-order valence-electron chi connectivity index (χ4n) is 2.18. The normalized spacial score (nSPS) is 10.1. The molecule has 1 N–H and O–H groups in total. The number of nitrogens with one attached hydrogen (secondary N) is 1. The summed E-state index contributed by atoms with van der Waals surface area (Å²) in [5, 5.41) is 2.75. The van der Waals surface area contributed by atoms with E-state index in [0.29, 0.717) is 12.1 Å². The summed E-state index contributed by atoms with van der Waals surface area (Å²) >= 11 is 0. The van der Waals surface area contributed by atoms with Gasteiger partial charge in [-0.3, -0.25) is 4.79 Å². The van der Waals surface area contributed by atoms with Crippen molar-refractivity contribution < 1.29 is 14.3 Å². The van der Waals surface area contributed by atoms with Crippen LogP contribution in [0.15, 0.2) is 48.5 Å². The number of anilines is 1. The Balaban J connectivity index is 1.84. The zero-order valence-electron chi connectivity index (χ0n) is 14.2. The summed E-state index contributed by atoms with van der Waals surface area (Å²) in [6.07, 6.45) is 0. The monoisotopic (exact) mass is 326 g/mol. The maximum Gasteiger partial charge on any atom is 0.338 e. The molecule has 2 aromatic rings. The van der Waals surface area contributed by atoms with E-state index in [9.17, 15) is 9.59 Å². The zero-order valence-corrected chi connectivity index (χ0v) is 14.2. The first kappa shape index (κ1) is 17.5. The Morgan fingerprint density at radius 1 is 1.08 bits per heavy atom. The van der Waals surface area contributed by atoms with E-state index in [1.165, 1.54) is 0 Å². The molecule has 0 unspecified atom stereocenters. The van der Waals surface area contributed by atoms with Crippen molar-refractivity contribution in [2.75, 3.05) is 25.6 Å². The molecule has 5 nitrogen and oxygen atoms in total. The Morgan fingerprint density at radius 3 is 2.54 bits per heavy atom. The number of benzene rings is 2. The van der Waals surface area contributed by atoms with E-state index in [0.717, 1.165) is 16.8 Å². The van der Waals surface area contributed by atoms with Gasteiger partial charge in [0.1, 0.15) is 0 Å². The maximum absolute atomic E-state index is 12.0. The van der Waals surface area contributed by atoms with Gasteiger partial charge in [0.25, 0.3) is 5.91 Å². The summed E-state index contributed by atoms with van der Waals surface area (Å²) in [7, 11) is 3.78. The van der Waals surface area contributed by atoms with Gasteiger partial charge in [-0.15, -0.1) is 0 Å². The third-order valence-corrected chi connectivity index (χ3v) is 3.67. The summed E-state index contributed by atoms with van der Waals surface area (Å²) < 4.78 is 5.07. The van der Waals surface area contributed by atoms with E-state index >= 15 is 0 Å². The molecule has 2 aromatic carbocycles. The van der Waals surface area contributed by atoms with E-state index in [4.69, 9.17) is 4.74 Å². The Morgan fingerprint density at radius 2 is 1.83 bits per heavy atom. The largest absolute Gasteiger partial charge is 0.452 e. The Kier molecular flexibility index (Phi) is 5.95. The van der Waals surface area contributed by atoms with Crippen LogP contribution < -0.4 is 10.2 Å². The van der Waals surface area contributed by atoms with Crippen LogP contribution in [0.5, 0.6) is 0 Å². The molecule has 5 heteroatoms. The number of carbonyl (C=O) groups excluding carboxylic acids is 2. The molecule has 1 amide bonds. The van der Waals surface area contributed by atoms with Crippen LogP contribution in [0.2, 0.25) is 0 Å². The quantitative estimate of drug-likeness (QED) is 0.829. The highest BCUT2D eigenvalue weighted by Gasteiger charge is 2.11. The standard InChI is InChI=1S/C19H22N2O3/c1-14-7-4-5-8-16(14)12-20-18(22)13-24-19(23)15-9-6-10-17(11-15)21(2)3/h4-11H,12-13H2,1-3H3,(H,20,22). The lowest BCUT2D eigenvalue weighted by molar-refractivity contribution is -0.124. The second kappa shape index (κ2) is 8.15. The highest BCUT2D eigenvalue weighted by molar-refractivity contribution is 5.92. The minimum atomic E-state index is -0.509. The lowest BCUT2D eigenvalue weighted by Crippen LogP contribution is -2.28. The molecule has 0 spiro atoms. The Labute approximate surface area is 142 Å². The lowest BCUT2D eigenvalue weighted by Gasteiger charge is -2.13. The van der Waals surface area contributed by atoms with Crippen LogP contribution >= 0.6 is 0 Å². The van der Waals surface area contributed by atoms with Gasteiger partial charge in [0.2, 0.25) is 0 Å². The predicted molar refractivity (Wildman–Crippen MR) is 94.1 cm³/mol. The molecule has 2 rings (SSSR count). The first-order valence-electron chi connectivity index (χ1n) is 7.73. The Hall–Kier alpha value is -2.82. The fraction of sp³-hybridized carbons (Fsp3) is 0.263. The van der Waals surface area contributed by atoms with Crippen molar-refractivity contribution in [1.29, 1.82) is 0 Å². The number of rotatable bonds is 6. The van der Waals surface area contributed by atoms with E-state index in [-0.39, 0.29) is 12.5 Å². The van der Waals surface area contributed by atoms with Gasteiger partial charge in [-0.1, -0.05) is 30.3 Å².